The van der Waals surface area contributed by atoms with Crippen LogP contribution in [0.2, 0.25) is 0 Å². The summed E-state index contributed by atoms with van der Waals surface area (Å²) in [5.41, 5.74) is 0. The minimum atomic E-state index is -0.235. The average Bonchev–Trinajstić information content (AvgIpc) is 2.56. The fraction of sp³-hybridized carbons (Fsp3) is 0.950. The van der Waals surface area contributed by atoms with E-state index < -0.39 is 0 Å². The predicted octanol–water partition coefficient (Wildman–Crippen LogP) is 6.05. The smallest absolute Gasteiger partial charge is 0.332 e. The highest BCUT2D eigenvalue weighted by Crippen LogP contribution is 2.12. The molecule has 23 heavy (non-hydrogen) atoms. The standard InChI is InChI=1S/C20H40O3/c1-3-5-6-7-8-9-10-11-12-13-14-15-16-17-18-23-20(21)19-22-4-2/h3-19H2,1-2H3. The van der Waals surface area contributed by atoms with E-state index in [1.54, 1.807) is 0 Å². The number of carbonyl (C=O) groups is 1. The van der Waals surface area contributed by atoms with Crippen LogP contribution in [0.5, 0.6) is 0 Å². The quantitative estimate of drug-likeness (QED) is 0.227. The summed E-state index contributed by atoms with van der Waals surface area (Å²) in [7, 11) is 0. The zero-order valence-electron chi connectivity index (χ0n) is 15.7. The summed E-state index contributed by atoms with van der Waals surface area (Å²) in [6.07, 6.45) is 18.8. The van der Waals surface area contributed by atoms with Crippen molar-refractivity contribution in [2.75, 3.05) is 19.8 Å². The number of hydrogen-bond acceptors (Lipinski definition) is 3. The van der Waals surface area contributed by atoms with E-state index in [1.165, 1.54) is 83.5 Å². The SMILES string of the molecule is CCCCCCCCCCCCCCCCOC(=O)COCC. The minimum Gasteiger partial charge on any atom is -0.464 e. The summed E-state index contributed by atoms with van der Waals surface area (Å²) < 4.78 is 10.1. The molecule has 0 aromatic carbocycles. The van der Waals surface area contributed by atoms with Gasteiger partial charge in [-0.2, -0.15) is 0 Å². The predicted molar refractivity (Wildman–Crippen MR) is 97.8 cm³/mol. The van der Waals surface area contributed by atoms with Crippen LogP contribution in [0, 0.1) is 0 Å². The molecule has 0 aromatic heterocycles. The molecular weight excluding hydrogens is 288 g/mol. The molecule has 3 heteroatoms. The maximum absolute atomic E-state index is 11.2. The summed E-state index contributed by atoms with van der Waals surface area (Å²) in [6.45, 7) is 5.35. The van der Waals surface area contributed by atoms with Crippen molar-refractivity contribution in [3.8, 4) is 0 Å². The molecule has 0 aliphatic carbocycles. The average molecular weight is 329 g/mol. The molecule has 0 N–H and O–H groups in total. The van der Waals surface area contributed by atoms with Crippen molar-refractivity contribution in [2.24, 2.45) is 0 Å². The Morgan fingerprint density at radius 2 is 1.09 bits per heavy atom. The summed E-state index contributed by atoms with van der Waals surface area (Å²) in [5.74, 6) is -0.235. The number of rotatable bonds is 18. The fourth-order valence-electron chi connectivity index (χ4n) is 2.71. The topological polar surface area (TPSA) is 35.5 Å². The van der Waals surface area contributed by atoms with Crippen molar-refractivity contribution < 1.29 is 14.3 Å². The van der Waals surface area contributed by atoms with Crippen LogP contribution in [0.1, 0.15) is 104 Å². The zero-order chi connectivity index (χ0) is 17.0. The molecule has 0 aromatic rings. The van der Waals surface area contributed by atoms with Gasteiger partial charge >= 0.3 is 5.97 Å². The van der Waals surface area contributed by atoms with Gasteiger partial charge in [0.05, 0.1) is 6.61 Å². The minimum absolute atomic E-state index is 0.0924. The molecule has 0 rings (SSSR count). The Morgan fingerprint density at radius 1 is 0.652 bits per heavy atom. The van der Waals surface area contributed by atoms with Gasteiger partial charge in [0.25, 0.3) is 0 Å². The molecule has 3 nitrogen and oxygen atoms in total. The Kier molecular flexibility index (Phi) is 19.0. The lowest BCUT2D eigenvalue weighted by Crippen LogP contribution is -2.13. The van der Waals surface area contributed by atoms with Crippen LogP contribution in [-0.2, 0) is 14.3 Å². The molecule has 0 radical (unpaired) electrons. The number of unbranched alkanes of at least 4 members (excludes halogenated alkanes) is 13. The first kappa shape index (κ1) is 22.4. The lowest BCUT2D eigenvalue weighted by atomic mass is 10.0. The Hall–Kier alpha value is -0.570. The van der Waals surface area contributed by atoms with E-state index in [0.717, 1.165) is 6.42 Å². The van der Waals surface area contributed by atoms with Crippen molar-refractivity contribution in [1.29, 1.82) is 0 Å². The normalized spacial score (nSPS) is 10.9. The second kappa shape index (κ2) is 19.5. The van der Waals surface area contributed by atoms with Gasteiger partial charge in [-0.25, -0.2) is 4.79 Å². The van der Waals surface area contributed by atoms with Gasteiger partial charge in [-0.05, 0) is 13.3 Å². The van der Waals surface area contributed by atoms with Gasteiger partial charge in [-0.3, -0.25) is 0 Å². The lowest BCUT2D eigenvalue weighted by molar-refractivity contribution is -0.148. The molecule has 0 atom stereocenters. The van der Waals surface area contributed by atoms with Gasteiger partial charge < -0.3 is 9.47 Å². The van der Waals surface area contributed by atoms with Crippen molar-refractivity contribution in [2.45, 2.75) is 104 Å². The van der Waals surface area contributed by atoms with Crippen LogP contribution in [0.15, 0.2) is 0 Å². The number of carbonyl (C=O) groups excluding carboxylic acids is 1. The lowest BCUT2D eigenvalue weighted by Gasteiger charge is -2.05. The summed E-state index contributed by atoms with van der Waals surface area (Å²) in [4.78, 5) is 11.2. The Balaban J connectivity index is 3.04. The van der Waals surface area contributed by atoms with E-state index in [4.69, 9.17) is 9.47 Å². The molecule has 0 spiro atoms. The maximum Gasteiger partial charge on any atom is 0.332 e. The Bertz CT molecular complexity index is 241. The first-order chi connectivity index (χ1) is 11.3. The molecular formula is C20H40O3. The van der Waals surface area contributed by atoms with E-state index in [2.05, 4.69) is 6.92 Å². The first-order valence-electron chi connectivity index (χ1n) is 10.0. The highest BCUT2D eigenvalue weighted by molar-refractivity contribution is 5.70. The first-order valence-corrected chi connectivity index (χ1v) is 10.0. The van der Waals surface area contributed by atoms with E-state index in [0.29, 0.717) is 13.2 Å². The molecule has 0 saturated carbocycles. The van der Waals surface area contributed by atoms with Crippen LogP contribution < -0.4 is 0 Å². The molecule has 0 bridgehead atoms. The van der Waals surface area contributed by atoms with Gasteiger partial charge in [-0.1, -0.05) is 90.4 Å². The van der Waals surface area contributed by atoms with Crippen molar-refractivity contribution in [3.63, 3.8) is 0 Å². The Morgan fingerprint density at radius 3 is 1.52 bits per heavy atom. The molecule has 0 unspecified atom stereocenters. The molecule has 0 heterocycles. The number of ether oxygens (including phenoxy) is 2. The van der Waals surface area contributed by atoms with E-state index in [-0.39, 0.29) is 12.6 Å². The van der Waals surface area contributed by atoms with Gasteiger partial charge in [0.1, 0.15) is 6.61 Å². The van der Waals surface area contributed by atoms with E-state index in [1.807, 2.05) is 6.92 Å². The number of hydrogen-bond donors (Lipinski definition) is 0. The second-order valence-electron chi connectivity index (χ2n) is 6.45. The molecule has 138 valence electrons. The monoisotopic (exact) mass is 328 g/mol. The Labute approximate surface area is 144 Å². The summed E-state index contributed by atoms with van der Waals surface area (Å²) in [6, 6.07) is 0. The second-order valence-corrected chi connectivity index (χ2v) is 6.45. The third-order valence-electron chi connectivity index (χ3n) is 4.18. The van der Waals surface area contributed by atoms with Gasteiger partial charge in [0.2, 0.25) is 0 Å². The molecule has 0 amide bonds. The van der Waals surface area contributed by atoms with E-state index >= 15 is 0 Å². The summed E-state index contributed by atoms with van der Waals surface area (Å²) >= 11 is 0. The van der Waals surface area contributed by atoms with Crippen LogP contribution in [-0.4, -0.2) is 25.8 Å². The number of esters is 1. The molecule has 0 aliphatic heterocycles. The third-order valence-corrected chi connectivity index (χ3v) is 4.18. The van der Waals surface area contributed by atoms with Crippen LogP contribution in [0.4, 0.5) is 0 Å². The van der Waals surface area contributed by atoms with Crippen LogP contribution in [0.3, 0.4) is 0 Å². The van der Waals surface area contributed by atoms with Crippen LogP contribution >= 0.6 is 0 Å². The largest absolute Gasteiger partial charge is 0.464 e. The van der Waals surface area contributed by atoms with Gasteiger partial charge in [-0.15, -0.1) is 0 Å². The highest BCUT2D eigenvalue weighted by Gasteiger charge is 2.01. The molecule has 0 fully saturated rings. The van der Waals surface area contributed by atoms with Gasteiger partial charge in [0.15, 0.2) is 0 Å². The van der Waals surface area contributed by atoms with Crippen molar-refractivity contribution in [1.82, 2.24) is 0 Å². The fourth-order valence-corrected chi connectivity index (χ4v) is 2.71. The van der Waals surface area contributed by atoms with Gasteiger partial charge in [0, 0.05) is 6.61 Å². The highest BCUT2D eigenvalue weighted by atomic mass is 16.6. The van der Waals surface area contributed by atoms with Crippen molar-refractivity contribution >= 4 is 5.97 Å². The summed E-state index contributed by atoms with van der Waals surface area (Å²) in [5, 5.41) is 0. The molecule has 0 aliphatic rings. The van der Waals surface area contributed by atoms with E-state index in [9.17, 15) is 4.79 Å². The molecule has 0 saturated heterocycles. The maximum atomic E-state index is 11.2. The zero-order valence-corrected chi connectivity index (χ0v) is 15.7. The van der Waals surface area contributed by atoms with Crippen LogP contribution in [0.25, 0.3) is 0 Å². The third kappa shape index (κ3) is 19.4. The van der Waals surface area contributed by atoms with Crippen molar-refractivity contribution in [3.05, 3.63) is 0 Å².